The number of aliphatic hydroxyl groups excluding tert-OH is 1. The molecule has 5 heteroatoms. The van der Waals surface area contributed by atoms with Gasteiger partial charge in [0.1, 0.15) is 5.82 Å². The summed E-state index contributed by atoms with van der Waals surface area (Å²) in [6.45, 7) is 1.31. The number of aliphatic hydroxyl groups is 1. The van der Waals surface area contributed by atoms with Gasteiger partial charge in [-0.25, -0.2) is 4.39 Å². The largest absolute Gasteiger partial charge is 0.387 e. The quantitative estimate of drug-likeness (QED) is 0.725. The lowest BCUT2D eigenvalue weighted by Gasteiger charge is -2.27. The van der Waals surface area contributed by atoms with Crippen LogP contribution in [0, 0.1) is 11.7 Å². The second kappa shape index (κ2) is 9.18. The molecule has 124 valence electrons. The summed E-state index contributed by atoms with van der Waals surface area (Å²) < 4.78 is 18.4. The third-order valence-corrected chi connectivity index (χ3v) is 4.54. The minimum Gasteiger partial charge on any atom is -0.387 e. The predicted molar refractivity (Wildman–Crippen MR) is 84.0 cm³/mol. The first-order chi connectivity index (χ1) is 10.7. The van der Waals surface area contributed by atoms with E-state index in [1.807, 2.05) is 0 Å². The average Bonchev–Trinajstić information content (AvgIpc) is 2.55. The molecule has 0 saturated heterocycles. The summed E-state index contributed by atoms with van der Waals surface area (Å²) in [5.74, 6) is 0.397. The molecular formula is C17H27FN2O2. The molecule has 0 radical (unpaired) electrons. The molecule has 0 amide bonds. The molecule has 1 saturated carbocycles. The van der Waals surface area contributed by atoms with E-state index in [0.717, 1.165) is 25.1 Å². The molecule has 0 bridgehead atoms. The first kappa shape index (κ1) is 17.3. The first-order valence-corrected chi connectivity index (χ1v) is 8.21. The number of methoxy groups -OCH3 is 1. The standard InChI is InChI=1S/C17H27FN2O2/c1-22-16-6-4-13(5-7-16)3-2-8-19-12-17(21)14-9-15(18)11-20-10-14/h9-11,13,16-17,19,21H,2-8,12H2,1H3/t13?,16?,17-/m0/s1. The van der Waals surface area contributed by atoms with Gasteiger partial charge in [0.25, 0.3) is 0 Å². The van der Waals surface area contributed by atoms with Crippen LogP contribution in [0.4, 0.5) is 4.39 Å². The summed E-state index contributed by atoms with van der Waals surface area (Å²) in [5, 5.41) is 13.2. The number of nitrogens with zero attached hydrogens (tertiary/aromatic N) is 1. The zero-order chi connectivity index (χ0) is 15.8. The van der Waals surface area contributed by atoms with Crippen LogP contribution in [0.2, 0.25) is 0 Å². The van der Waals surface area contributed by atoms with Gasteiger partial charge in [0.2, 0.25) is 0 Å². The highest BCUT2D eigenvalue weighted by Gasteiger charge is 2.20. The Morgan fingerprint density at radius 2 is 2.14 bits per heavy atom. The molecule has 4 nitrogen and oxygen atoms in total. The van der Waals surface area contributed by atoms with Gasteiger partial charge in [0.15, 0.2) is 0 Å². The van der Waals surface area contributed by atoms with Crippen LogP contribution in [0.25, 0.3) is 0 Å². The fraction of sp³-hybridized carbons (Fsp3) is 0.706. The van der Waals surface area contributed by atoms with Crippen molar-refractivity contribution in [3.63, 3.8) is 0 Å². The number of pyridine rings is 1. The van der Waals surface area contributed by atoms with Crippen LogP contribution in [-0.2, 0) is 4.74 Å². The second-order valence-corrected chi connectivity index (χ2v) is 6.18. The number of rotatable bonds is 8. The molecule has 22 heavy (non-hydrogen) atoms. The van der Waals surface area contributed by atoms with Crippen molar-refractivity contribution in [1.82, 2.24) is 10.3 Å². The third-order valence-electron chi connectivity index (χ3n) is 4.54. The van der Waals surface area contributed by atoms with E-state index in [1.54, 1.807) is 7.11 Å². The maximum Gasteiger partial charge on any atom is 0.141 e. The van der Waals surface area contributed by atoms with Crippen LogP contribution in [0.15, 0.2) is 18.5 Å². The van der Waals surface area contributed by atoms with Crippen LogP contribution in [-0.4, -0.2) is 36.4 Å². The predicted octanol–water partition coefficient (Wildman–Crippen LogP) is 2.83. The van der Waals surface area contributed by atoms with Crippen molar-refractivity contribution in [3.05, 3.63) is 29.8 Å². The zero-order valence-corrected chi connectivity index (χ0v) is 13.3. The Morgan fingerprint density at radius 1 is 1.36 bits per heavy atom. The SMILES string of the molecule is COC1CCC(CCCNC[C@H](O)c2cncc(F)c2)CC1. The summed E-state index contributed by atoms with van der Waals surface area (Å²) in [7, 11) is 1.80. The maximum atomic E-state index is 13.0. The van der Waals surface area contributed by atoms with E-state index in [1.165, 1.54) is 44.4 Å². The van der Waals surface area contributed by atoms with Crippen molar-refractivity contribution in [3.8, 4) is 0 Å². The van der Waals surface area contributed by atoms with E-state index in [4.69, 9.17) is 4.74 Å². The number of ether oxygens (including phenoxy) is 1. The molecule has 1 aromatic heterocycles. The number of nitrogens with one attached hydrogen (secondary N) is 1. The second-order valence-electron chi connectivity index (χ2n) is 6.18. The van der Waals surface area contributed by atoms with Crippen molar-refractivity contribution in [1.29, 1.82) is 0 Å². The summed E-state index contributed by atoms with van der Waals surface area (Å²) in [5.41, 5.74) is 0.519. The molecule has 1 fully saturated rings. The Balaban J connectivity index is 1.56. The van der Waals surface area contributed by atoms with Gasteiger partial charge in [-0.1, -0.05) is 0 Å². The molecule has 0 spiro atoms. The first-order valence-electron chi connectivity index (χ1n) is 8.21. The van der Waals surface area contributed by atoms with Gasteiger partial charge in [0, 0.05) is 25.4 Å². The number of halogens is 1. The smallest absolute Gasteiger partial charge is 0.141 e. The van der Waals surface area contributed by atoms with Crippen LogP contribution in [0.3, 0.4) is 0 Å². The Bertz CT molecular complexity index is 436. The number of hydrogen-bond donors (Lipinski definition) is 2. The molecule has 1 aliphatic rings. The highest BCUT2D eigenvalue weighted by Crippen LogP contribution is 2.28. The molecule has 0 unspecified atom stereocenters. The van der Waals surface area contributed by atoms with Crippen molar-refractivity contribution in [2.45, 2.75) is 50.7 Å². The van der Waals surface area contributed by atoms with E-state index in [2.05, 4.69) is 10.3 Å². The van der Waals surface area contributed by atoms with Gasteiger partial charge < -0.3 is 15.2 Å². The average molecular weight is 310 g/mol. The van der Waals surface area contributed by atoms with E-state index < -0.39 is 11.9 Å². The van der Waals surface area contributed by atoms with Crippen LogP contribution in [0.1, 0.15) is 50.2 Å². The molecule has 1 heterocycles. The maximum absolute atomic E-state index is 13.0. The van der Waals surface area contributed by atoms with Gasteiger partial charge in [-0.05, 0) is 57.1 Å². The molecule has 1 atom stereocenters. The Labute approximate surface area is 132 Å². The summed E-state index contributed by atoms with van der Waals surface area (Å²) in [6.07, 6.45) is 9.61. The molecule has 0 aliphatic heterocycles. The fourth-order valence-corrected chi connectivity index (χ4v) is 3.14. The van der Waals surface area contributed by atoms with Crippen molar-refractivity contribution >= 4 is 0 Å². The van der Waals surface area contributed by atoms with Crippen molar-refractivity contribution in [2.24, 2.45) is 5.92 Å². The fourth-order valence-electron chi connectivity index (χ4n) is 3.14. The minimum atomic E-state index is -0.708. The van der Waals surface area contributed by atoms with Crippen molar-refractivity contribution in [2.75, 3.05) is 20.2 Å². The normalized spacial score (nSPS) is 23.4. The van der Waals surface area contributed by atoms with Gasteiger partial charge in [0.05, 0.1) is 18.4 Å². The molecule has 2 N–H and O–H groups in total. The molecule has 2 rings (SSSR count). The topological polar surface area (TPSA) is 54.4 Å². The van der Waals surface area contributed by atoms with Crippen LogP contribution in [0.5, 0.6) is 0 Å². The van der Waals surface area contributed by atoms with Crippen LogP contribution >= 0.6 is 0 Å². The van der Waals surface area contributed by atoms with Crippen LogP contribution < -0.4 is 5.32 Å². The summed E-state index contributed by atoms with van der Waals surface area (Å²) in [6, 6.07) is 1.33. The number of hydrogen-bond acceptors (Lipinski definition) is 4. The summed E-state index contributed by atoms with van der Waals surface area (Å²) in [4.78, 5) is 3.75. The highest BCUT2D eigenvalue weighted by atomic mass is 19.1. The Kier molecular flexibility index (Phi) is 7.22. The molecule has 1 aliphatic carbocycles. The lowest BCUT2D eigenvalue weighted by atomic mass is 9.84. The van der Waals surface area contributed by atoms with Gasteiger partial charge in [-0.15, -0.1) is 0 Å². The zero-order valence-electron chi connectivity index (χ0n) is 13.3. The van der Waals surface area contributed by atoms with E-state index in [0.29, 0.717) is 18.2 Å². The number of aromatic nitrogens is 1. The van der Waals surface area contributed by atoms with Gasteiger partial charge in [-0.3, -0.25) is 4.98 Å². The molecular weight excluding hydrogens is 283 g/mol. The van der Waals surface area contributed by atoms with Crippen molar-refractivity contribution < 1.29 is 14.2 Å². The van der Waals surface area contributed by atoms with E-state index in [9.17, 15) is 9.50 Å². The Morgan fingerprint density at radius 3 is 2.82 bits per heavy atom. The van der Waals surface area contributed by atoms with E-state index >= 15 is 0 Å². The monoisotopic (exact) mass is 310 g/mol. The van der Waals surface area contributed by atoms with E-state index in [-0.39, 0.29) is 0 Å². The lowest BCUT2D eigenvalue weighted by Crippen LogP contribution is -2.24. The minimum absolute atomic E-state index is 0.414. The third kappa shape index (κ3) is 5.63. The van der Waals surface area contributed by atoms with Gasteiger partial charge >= 0.3 is 0 Å². The molecule has 0 aromatic carbocycles. The molecule has 1 aromatic rings. The lowest BCUT2D eigenvalue weighted by molar-refractivity contribution is 0.0552. The van der Waals surface area contributed by atoms with Gasteiger partial charge in [-0.2, -0.15) is 0 Å². The highest BCUT2D eigenvalue weighted by molar-refractivity contribution is 5.13. The summed E-state index contributed by atoms with van der Waals surface area (Å²) >= 11 is 0. The Hall–Kier alpha value is -1.04.